The summed E-state index contributed by atoms with van der Waals surface area (Å²) in [6.07, 6.45) is 3.98. The van der Waals surface area contributed by atoms with E-state index in [4.69, 9.17) is 0 Å². The van der Waals surface area contributed by atoms with Crippen molar-refractivity contribution in [1.82, 2.24) is 29.4 Å². The Morgan fingerprint density at radius 3 is 2.56 bits per heavy atom. The number of aromatic nitrogens is 6. The van der Waals surface area contributed by atoms with Crippen molar-refractivity contribution in [3.05, 3.63) is 29.0 Å². The number of fused-ring (bicyclic) bond motifs is 1. The molecule has 140 valence electrons. The zero-order chi connectivity index (χ0) is 19.1. The van der Waals surface area contributed by atoms with Crippen LogP contribution in [0.15, 0.2) is 11.0 Å². The first kappa shape index (κ1) is 17.7. The SMILES string of the molecule is Cc1nc2c(S(C)=O)cc(C#Cc3nc(N4CCCC4)nn3C)nn2c1C. The number of rotatable bonds is 2. The van der Waals surface area contributed by atoms with E-state index < -0.39 is 10.8 Å². The van der Waals surface area contributed by atoms with Crippen LogP contribution in [0.5, 0.6) is 0 Å². The van der Waals surface area contributed by atoms with Crippen molar-refractivity contribution in [3.8, 4) is 11.8 Å². The molecule has 0 amide bonds. The summed E-state index contributed by atoms with van der Waals surface area (Å²) in [6.45, 7) is 5.82. The summed E-state index contributed by atoms with van der Waals surface area (Å²) in [5, 5.41) is 9.01. The van der Waals surface area contributed by atoms with Gasteiger partial charge >= 0.3 is 0 Å². The molecule has 1 saturated heterocycles. The zero-order valence-electron chi connectivity index (χ0n) is 15.9. The van der Waals surface area contributed by atoms with Crippen LogP contribution < -0.4 is 4.90 Å². The minimum absolute atomic E-state index is 0.527. The van der Waals surface area contributed by atoms with Crippen LogP contribution in [0.25, 0.3) is 5.65 Å². The Bertz CT molecular complexity index is 1110. The van der Waals surface area contributed by atoms with Gasteiger partial charge in [0.25, 0.3) is 0 Å². The van der Waals surface area contributed by atoms with E-state index in [1.807, 2.05) is 20.9 Å². The standard InChI is InChI=1S/C18H21N7OS/c1-12-13(2)25-17(19-12)15(27(4)26)11-14(21-25)7-8-16-20-18(22-23(16)3)24-9-5-6-10-24/h11H,5-6,9-10H2,1-4H3. The summed E-state index contributed by atoms with van der Waals surface area (Å²) >= 11 is 0. The van der Waals surface area contributed by atoms with E-state index in [-0.39, 0.29) is 0 Å². The predicted octanol–water partition coefficient (Wildman–Crippen LogP) is 1.21. The normalized spacial score (nSPS) is 15.2. The smallest absolute Gasteiger partial charge is 0.245 e. The van der Waals surface area contributed by atoms with Gasteiger partial charge in [0.1, 0.15) is 5.69 Å². The van der Waals surface area contributed by atoms with Gasteiger partial charge in [0.05, 0.1) is 27.1 Å². The molecule has 0 bridgehead atoms. The molecule has 1 fully saturated rings. The molecule has 1 aliphatic rings. The van der Waals surface area contributed by atoms with Gasteiger partial charge in [-0.3, -0.25) is 4.21 Å². The molecule has 0 saturated carbocycles. The molecule has 27 heavy (non-hydrogen) atoms. The average Bonchev–Trinajstić information content (AvgIpc) is 3.34. The van der Waals surface area contributed by atoms with Crippen LogP contribution in [0.2, 0.25) is 0 Å². The Balaban J connectivity index is 1.74. The van der Waals surface area contributed by atoms with E-state index in [2.05, 4.69) is 36.9 Å². The van der Waals surface area contributed by atoms with Crippen molar-refractivity contribution >= 4 is 22.4 Å². The highest BCUT2D eigenvalue weighted by molar-refractivity contribution is 7.84. The molecule has 3 aromatic rings. The van der Waals surface area contributed by atoms with Gasteiger partial charge in [0.15, 0.2) is 5.65 Å². The van der Waals surface area contributed by atoms with E-state index in [1.165, 1.54) is 12.8 Å². The van der Waals surface area contributed by atoms with Gasteiger partial charge in [-0.05, 0) is 44.6 Å². The summed E-state index contributed by atoms with van der Waals surface area (Å²) in [4.78, 5) is 11.8. The summed E-state index contributed by atoms with van der Waals surface area (Å²) in [5.74, 6) is 7.39. The molecule has 1 aliphatic heterocycles. The van der Waals surface area contributed by atoms with E-state index in [0.29, 0.717) is 22.1 Å². The highest BCUT2D eigenvalue weighted by atomic mass is 32.2. The minimum atomic E-state index is -1.19. The Labute approximate surface area is 160 Å². The van der Waals surface area contributed by atoms with E-state index in [9.17, 15) is 4.21 Å². The third-order valence-electron chi connectivity index (χ3n) is 4.76. The minimum Gasteiger partial charge on any atom is -0.340 e. The van der Waals surface area contributed by atoms with Gasteiger partial charge in [-0.2, -0.15) is 10.1 Å². The molecule has 0 radical (unpaired) electrons. The zero-order valence-corrected chi connectivity index (χ0v) is 16.7. The van der Waals surface area contributed by atoms with Gasteiger partial charge < -0.3 is 4.90 Å². The average molecular weight is 383 g/mol. The van der Waals surface area contributed by atoms with Crippen molar-refractivity contribution < 1.29 is 4.21 Å². The number of nitrogens with zero attached hydrogens (tertiary/aromatic N) is 7. The molecule has 9 heteroatoms. The lowest BCUT2D eigenvalue weighted by atomic mass is 10.3. The second-order valence-corrected chi connectivity index (χ2v) is 8.02. The first-order valence-electron chi connectivity index (χ1n) is 8.82. The molecule has 0 aromatic carbocycles. The number of aryl methyl sites for hydroxylation is 3. The Morgan fingerprint density at radius 1 is 1.11 bits per heavy atom. The molecule has 0 aliphatic carbocycles. The molecule has 4 rings (SSSR count). The van der Waals surface area contributed by atoms with Crippen LogP contribution >= 0.6 is 0 Å². The molecule has 1 atom stereocenters. The number of imidazole rings is 1. The summed E-state index contributed by atoms with van der Waals surface area (Å²) in [5.41, 5.74) is 2.92. The third-order valence-corrected chi connectivity index (χ3v) is 5.68. The van der Waals surface area contributed by atoms with Gasteiger partial charge in [-0.25, -0.2) is 14.2 Å². The molecule has 4 heterocycles. The molecule has 1 unspecified atom stereocenters. The maximum Gasteiger partial charge on any atom is 0.245 e. The fourth-order valence-corrected chi connectivity index (χ4v) is 3.80. The van der Waals surface area contributed by atoms with Gasteiger partial charge in [0.2, 0.25) is 11.8 Å². The third kappa shape index (κ3) is 3.21. The summed E-state index contributed by atoms with van der Waals surface area (Å²) in [7, 11) is 0.647. The van der Waals surface area contributed by atoms with Gasteiger partial charge in [0, 0.05) is 26.4 Å². The van der Waals surface area contributed by atoms with E-state index in [1.54, 1.807) is 21.5 Å². The number of anilines is 1. The van der Waals surface area contributed by atoms with Crippen molar-refractivity contribution in [1.29, 1.82) is 0 Å². The second kappa shape index (κ2) is 6.78. The first-order valence-corrected chi connectivity index (χ1v) is 10.4. The van der Waals surface area contributed by atoms with E-state index >= 15 is 0 Å². The molecule has 3 aromatic heterocycles. The lowest BCUT2D eigenvalue weighted by molar-refractivity contribution is 0.686. The summed E-state index contributed by atoms with van der Waals surface area (Å²) < 4.78 is 15.6. The van der Waals surface area contributed by atoms with E-state index in [0.717, 1.165) is 30.4 Å². The van der Waals surface area contributed by atoms with Crippen LogP contribution in [0.3, 0.4) is 0 Å². The Morgan fingerprint density at radius 2 is 1.85 bits per heavy atom. The van der Waals surface area contributed by atoms with Crippen LogP contribution in [-0.2, 0) is 17.8 Å². The largest absolute Gasteiger partial charge is 0.340 e. The van der Waals surface area contributed by atoms with Crippen LogP contribution in [0.1, 0.15) is 35.7 Å². The van der Waals surface area contributed by atoms with Gasteiger partial charge in [-0.15, -0.1) is 5.10 Å². The Kier molecular flexibility index (Phi) is 4.44. The predicted molar refractivity (Wildman–Crippen MR) is 103 cm³/mol. The van der Waals surface area contributed by atoms with Crippen molar-refractivity contribution in [3.63, 3.8) is 0 Å². The maximum atomic E-state index is 12.2. The molecular formula is C18H21N7OS. The lowest BCUT2D eigenvalue weighted by Gasteiger charge is -2.10. The fourth-order valence-electron chi connectivity index (χ4n) is 3.13. The quantitative estimate of drug-likeness (QED) is 0.619. The molecule has 0 spiro atoms. The van der Waals surface area contributed by atoms with Crippen LogP contribution in [-0.4, -0.2) is 52.9 Å². The molecule has 0 N–H and O–H groups in total. The second-order valence-electron chi connectivity index (χ2n) is 6.67. The maximum absolute atomic E-state index is 12.2. The van der Waals surface area contributed by atoms with Crippen LogP contribution in [0, 0.1) is 25.7 Å². The molecular weight excluding hydrogens is 362 g/mol. The number of hydrogen-bond acceptors (Lipinski definition) is 6. The Hall–Kier alpha value is -2.73. The van der Waals surface area contributed by atoms with Crippen molar-refractivity contribution in [2.24, 2.45) is 7.05 Å². The van der Waals surface area contributed by atoms with Crippen molar-refractivity contribution in [2.75, 3.05) is 24.2 Å². The van der Waals surface area contributed by atoms with Crippen molar-refractivity contribution in [2.45, 2.75) is 31.6 Å². The lowest BCUT2D eigenvalue weighted by Crippen LogP contribution is -2.19. The monoisotopic (exact) mass is 383 g/mol. The first-order chi connectivity index (χ1) is 12.9. The number of hydrogen-bond donors (Lipinski definition) is 0. The van der Waals surface area contributed by atoms with Gasteiger partial charge in [-0.1, -0.05) is 0 Å². The fraction of sp³-hybridized carbons (Fsp3) is 0.444. The summed E-state index contributed by atoms with van der Waals surface area (Å²) in [6, 6.07) is 1.74. The topological polar surface area (TPSA) is 81.2 Å². The highest BCUT2D eigenvalue weighted by Gasteiger charge is 2.18. The van der Waals surface area contributed by atoms with Crippen LogP contribution in [0.4, 0.5) is 5.95 Å². The molecule has 8 nitrogen and oxygen atoms in total. The highest BCUT2D eigenvalue weighted by Crippen LogP contribution is 2.18.